The van der Waals surface area contributed by atoms with Crippen molar-refractivity contribution in [1.29, 1.82) is 0 Å². The Balaban J connectivity index is 1.39. The van der Waals surface area contributed by atoms with Crippen molar-refractivity contribution in [2.24, 2.45) is 17.3 Å². The average molecular weight is 294 g/mol. The van der Waals surface area contributed by atoms with Gasteiger partial charge < -0.3 is 14.5 Å². The quantitative estimate of drug-likeness (QED) is 0.749. The lowest BCUT2D eigenvalue weighted by atomic mass is 9.75. The van der Waals surface area contributed by atoms with Gasteiger partial charge in [-0.2, -0.15) is 0 Å². The lowest BCUT2D eigenvalue weighted by Gasteiger charge is -2.41. The fourth-order valence-electron chi connectivity index (χ4n) is 4.91. The molecule has 3 fully saturated rings. The number of piperidine rings is 1. The molecule has 3 nitrogen and oxygen atoms in total. The SMILES string of the molecule is CCOCC1CC(CN2CCC3(CCCN(CC)C3)C2)C1. The first-order valence-electron chi connectivity index (χ1n) is 9.25. The van der Waals surface area contributed by atoms with Gasteiger partial charge >= 0.3 is 0 Å². The molecule has 21 heavy (non-hydrogen) atoms. The fourth-order valence-corrected chi connectivity index (χ4v) is 4.91. The van der Waals surface area contributed by atoms with Crippen LogP contribution in [0, 0.1) is 17.3 Å². The smallest absolute Gasteiger partial charge is 0.0494 e. The van der Waals surface area contributed by atoms with E-state index in [1.165, 1.54) is 71.4 Å². The predicted octanol–water partition coefficient (Wildman–Crippen LogP) is 2.86. The first-order chi connectivity index (χ1) is 10.2. The fraction of sp³-hybridized carbons (Fsp3) is 1.00. The van der Waals surface area contributed by atoms with E-state index in [1.54, 1.807) is 0 Å². The summed E-state index contributed by atoms with van der Waals surface area (Å²) in [6.45, 7) is 14.3. The molecule has 0 N–H and O–H groups in total. The first-order valence-corrected chi connectivity index (χ1v) is 9.25. The summed E-state index contributed by atoms with van der Waals surface area (Å²) in [6.07, 6.45) is 7.15. The van der Waals surface area contributed by atoms with Gasteiger partial charge in [-0.05, 0) is 75.9 Å². The molecule has 3 aliphatic rings. The van der Waals surface area contributed by atoms with Crippen LogP contribution in [-0.4, -0.2) is 62.3 Å². The molecule has 1 unspecified atom stereocenters. The standard InChI is InChI=1S/C18H34N2O/c1-3-19-8-5-6-18(14-19)7-9-20(15-18)12-16-10-17(11-16)13-21-4-2/h16-17H,3-15H2,1-2H3. The normalized spacial score (nSPS) is 38.0. The van der Waals surface area contributed by atoms with Crippen molar-refractivity contribution < 1.29 is 4.74 Å². The molecule has 1 atom stereocenters. The van der Waals surface area contributed by atoms with Crippen LogP contribution in [0.15, 0.2) is 0 Å². The van der Waals surface area contributed by atoms with E-state index in [1.807, 2.05) is 0 Å². The highest BCUT2D eigenvalue weighted by molar-refractivity contribution is 4.96. The van der Waals surface area contributed by atoms with Crippen LogP contribution in [0.5, 0.6) is 0 Å². The first kappa shape index (κ1) is 15.8. The van der Waals surface area contributed by atoms with Gasteiger partial charge in [0, 0.05) is 32.8 Å². The van der Waals surface area contributed by atoms with Crippen LogP contribution in [0.2, 0.25) is 0 Å². The largest absolute Gasteiger partial charge is 0.381 e. The van der Waals surface area contributed by atoms with Crippen LogP contribution in [0.1, 0.15) is 46.0 Å². The maximum absolute atomic E-state index is 5.55. The Hall–Kier alpha value is -0.120. The van der Waals surface area contributed by atoms with Gasteiger partial charge in [0.05, 0.1) is 0 Å². The van der Waals surface area contributed by atoms with Gasteiger partial charge in [-0.25, -0.2) is 0 Å². The molecule has 1 aliphatic carbocycles. The third-order valence-electron chi connectivity index (χ3n) is 6.11. The lowest BCUT2D eigenvalue weighted by Crippen LogP contribution is -2.45. The summed E-state index contributed by atoms with van der Waals surface area (Å²) in [4.78, 5) is 5.45. The number of hydrogen-bond donors (Lipinski definition) is 0. The summed E-state index contributed by atoms with van der Waals surface area (Å²) in [6, 6.07) is 0. The number of ether oxygens (including phenoxy) is 1. The third kappa shape index (κ3) is 3.80. The molecule has 3 rings (SSSR count). The maximum atomic E-state index is 5.55. The van der Waals surface area contributed by atoms with Gasteiger partial charge in [-0.1, -0.05) is 6.92 Å². The second-order valence-electron chi connectivity index (χ2n) is 7.82. The minimum atomic E-state index is 0.642. The van der Waals surface area contributed by atoms with Gasteiger partial charge in [0.15, 0.2) is 0 Å². The zero-order chi connectivity index (χ0) is 14.7. The van der Waals surface area contributed by atoms with Crippen LogP contribution in [0.3, 0.4) is 0 Å². The molecule has 2 heterocycles. The van der Waals surface area contributed by atoms with E-state index < -0.39 is 0 Å². The van der Waals surface area contributed by atoms with Crippen LogP contribution in [0.4, 0.5) is 0 Å². The van der Waals surface area contributed by atoms with E-state index >= 15 is 0 Å². The van der Waals surface area contributed by atoms with Gasteiger partial charge in [0.25, 0.3) is 0 Å². The minimum Gasteiger partial charge on any atom is -0.381 e. The zero-order valence-corrected chi connectivity index (χ0v) is 14.1. The van der Waals surface area contributed by atoms with E-state index in [4.69, 9.17) is 4.74 Å². The van der Waals surface area contributed by atoms with Crippen LogP contribution in [0.25, 0.3) is 0 Å². The molecule has 2 aliphatic heterocycles. The third-order valence-corrected chi connectivity index (χ3v) is 6.11. The molecular formula is C18H34N2O. The van der Waals surface area contributed by atoms with Crippen molar-refractivity contribution in [3.05, 3.63) is 0 Å². The van der Waals surface area contributed by atoms with Crippen molar-refractivity contribution in [3.8, 4) is 0 Å². The minimum absolute atomic E-state index is 0.642. The Kier molecular flexibility index (Phi) is 5.23. The number of rotatable bonds is 6. The predicted molar refractivity (Wildman–Crippen MR) is 87.5 cm³/mol. The topological polar surface area (TPSA) is 15.7 Å². The highest BCUT2D eigenvalue weighted by Gasteiger charge is 2.42. The van der Waals surface area contributed by atoms with Crippen LogP contribution < -0.4 is 0 Å². The molecule has 1 saturated carbocycles. The molecule has 0 aromatic carbocycles. The van der Waals surface area contributed by atoms with Crippen molar-refractivity contribution in [2.45, 2.75) is 46.0 Å². The molecule has 1 spiro atoms. The Morgan fingerprint density at radius 1 is 1.00 bits per heavy atom. The van der Waals surface area contributed by atoms with E-state index in [0.29, 0.717) is 5.41 Å². The molecule has 0 amide bonds. The Morgan fingerprint density at radius 3 is 2.57 bits per heavy atom. The number of nitrogens with zero attached hydrogens (tertiary/aromatic N) is 2. The summed E-state index contributed by atoms with van der Waals surface area (Å²) in [5, 5.41) is 0. The van der Waals surface area contributed by atoms with Crippen molar-refractivity contribution in [3.63, 3.8) is 0 Å². The zero-order valence-electron chi connectivity index (χ0n) is 14.1. The Bertz CT molecular complexity index is 329. The van der Waals surface area contributed by atoms with E-state index in [9.17, 15) is 0 Å². The number of likely N-dealkylation sites (tertiary alicyclic amines) is 2. The number of hydrogen-bond acceptors (Lipinski definition) is 3. The monoisotopic (exact) mass is 294 g/mol. The van der Waals surface area contributed by atoms with E-state index in [2.05, 4.69) is 23.6 Å². The molecule has 2 saturated heterocycles. The second-order valence-corrected chi connectivity index (χ2v) is 7.82. The van der Waals surface area contributed by atoms with Gasteiger partial charge in [-0.3, -0.25) is 0 Å². The summed E-state index contributed by atoms with van der Waals surface area (Å²) in [5.41, 5.74) is 0.642. The second kappa shape index (κ2) is 6.97. The summed E-state index contributed by atoms with van der Waals surface area (Å²) >= 11 is 0. The summed E-state index contributed by atoms with van der Waals surface area (Å²) in [7, 11) is 0. The average Bonchev–Trinajstić information content (AvgIpc) is 2.83. The van der Waals surface area contributed by atoms with Crippen LogP contribution >= 0.6 is 0 Å². The van der Waals surface area contributed by atoms with E-state index in [-0.39, 0.29) is 0 Å². The maximum Gasteiger partial charge on any atom is 0.0494 e. The molecule has 0 bridgehead atoms. The molecule has 0 aromatic heterocycles. The van der Waals surface area contributed by atoms with Crippen molar-refractivity contribution in [1.82, 2.24) is 9.80 Å². The summed E-state index contributed by atoms with van der Waals surface area (Å²) < 4.78 is 5.55. The Morgan fingerprint density at radius 2 is 1.81 bits per heavy atom. The Labute approximate surface area is 131 Å². The molecule has 122 valence electrons. The van der Waals surface area contributed by atoms with Gasteiger partial charge in [0.1, 0.15) is 0 Å². The molecule has 0 aromatic rings. The van der Waals surface area contributed by atoms with Crippen molar-refractivity contribution >= 4 is 0 Å². The van der Waals surface area contributed by atoms with E-state index in [0.717, 1.165) is 25.0 Å². The highest BCUT2D eigenvalue weighted by atomic mass is 16.5. The molecule has 0 radical (unpaired) electrons. The molecule has 3 heteroatoms. The van der Waals surface area contributed by atoms with Crippen LogP contribution in [-0.2, 0) is 4.74 Å². The highest BCUT2D eigenvalue weighted by Crippen LogP contribution is 2.41. The van der Waals surface area contributed by atoms with Crippen molar-refractivity contribution in [2.75, 3.05) is 52.5 Å². The summed E-state index contributed by atoms with van der Waals surface area (Å²) in [5.74, 6) is 1.81. The van der Waals surface area contributed by atoms with Gasteiger partial charge in [-0.15, -0.1) is 0 Å². The molecular weight excluding hydrogens is 260 g/mol. The van der Waals surface area contributed by atoms with Gasteiger partial charge in [0.2, 0.25) is 0 Å². The lowest BCUT2D eigenvalue weighted by molar-refractivity contribution is 0.0350.